The van der Waals surface area contributed by atoms with Crippen molar-refractivity contribution in [3.8, 4) is 11.5 Å². The van der Waals surface area contributed by atoms with E-state index in [4.69, 9.17) is 9.47 Å². The third-order valence-corrected chi connectivity index (χ3v) is 2.85. The maximum absolute atomic E-state index is 5.66. The molecule has 0 saturated carbocycles. The summed E-state index contributed by atoms with van der Waals surface area (Å²) in [6, 6.07) is 6.69. The van der Waals surface area contributed by atoms with Gasteiger partial charge in [0, 0.05) is 12.5 Å². The number of rotatable bonds is 3. The highest BCUT2D eigenvalue weighted by molar-refractivity contribution is 5.43. The van der Waals surface area contributed by atoms with Crippen LogP contribution in [0.4, 0.5) is 0 Å². The molecule has 0 fully saturated rings. The zero-order valence-corrected chi connectivity index (χ0v) is 9.95. The Balaban J connectivity index is 2.14. The van der Waals surface area contributed by atoms with Crippen molar-refractivity contribution in [1.82, 2.24) is 5.32 Å². The molecule has 1 unspecified atom stereocenters. The smallest absolute Gasteiger partial charge is 0.161 e. The molecule has 1 aromatic carbocycles. The third-order valence-electron chi connectivity index (χ3n) is 2.85. The van der Waals surface area contributed by atoms with Crippen LogP contribution in [0.25, 0.3) is 0 Å². The van der Waals surface area contributed by atoms with Crippen molar-refractivity contribution in [1.29, 1.82) is 0 Å². The van der Waals surface area contributed by atoms with Gasteiger partial charge in [0.2, 0.25) is 0 Å². The van der Waals surface area contributed by atoms with Crippen molar-refractivity contribution in [2.45, 2.75) is 25.8 Å². The Morgan fingerprint density at radius 2 is 2.00 bits per heavy atom. The topological polar surface area (TPSA) is 30.5 Å². The standard InChI is InChI=1S/C13H19NO2/c1-10(14-2)8-11-4-5-12-13(9-11)16-7-3-6-15-12/h4-5,9-10,14H,3,6-8H2,1-2H3. The van der Waals surface area contributed by atoms with Crippen LogP contribution in [0.15, 0.2) is 18.2 Å². The lowest BCUT2D eigenvalue weighted by atomic mass is 10.1. The van der Waals surface area contributed by atoms with Crippen LogP contribution in [0.2, 0.25) is 0 Å². The fourth-order valence-corrected chi connectivity index (χ4v) is 1.79. The molecule has 0 spiro atoms. The van der Waals surface area contributed by atoms with Gasteiger partial charge >= 0.3 is 0 Å². The SMILES string of the molecule is CNC(C)Cc1ccc2c(c1)OCCCO2. The van der Waals surface area contributed by atoms with Crippen molar-refractivity contribution in [3.05, 3.63) is 23.8 Å². The van der Waals surface area contributed by atoms with Gasteiger partial charge in [-0.2, -0.15) is 0 Å². The summed E-state index contributed by atoms with van der Waals surface area (Å²) in [4.78, 5) is 0. The van der Waals surface area contributed by atoms with Gasteiger partial charge in [0.1, 0.15) is 0 Å². The number of likely N-dealkylation sites (N-methyl/N-ethyl adjacent to an activating group) is 1. The van der Waals surface area contributed by atoms with E-state index < -0.39 is 0 Å². The molecule has 3 heteroatoms. The Morgan fingerprint density at radius 1 is 1.25 bits per heavy atom. The van der Waals surface area contributed by atoms with Gasteiger partial charge in [-0.1, -0.05) is 6.07 Å². The second-order valence-electron chi connectivity index (χ2n) is 4.23. The van der Waals surface area contributed by atoms with E-state index >= 15 is 0 Å². The molecule has 2 rings (SSSR count). The summed E-state index contributed by atoms with van der Waals surface area (Å²) in [5, 5.41) is 3.23. The Bertz CT molecular complexity index is 352. The van der Waals surface area contributed by atoms with Crippen LogP contribution >= 0.6 is 0 Å². The molecular weight excluding hydrogens is 202 g/mol. The lowest BCUT2D eigenvalue weighted by Gasteiger charge is -2.12. The zero-order chi connectivity index (χ0) is 11.4. The van der Waals surface area contributed by atoms with Crippen molar-refractivity contribution in [3.63, 3.8) is 0 Å². The Kier molecular flexibility index (Phi) is 3.67. The van der Waals surface area contributed by atoms with Gasteiger partial charge in [-0.3, -0.25) is 0 Å². The number of benzene rings is 1. The molecular formula is C13H19NO2. The van der Waals surface area contributed by atoms with Crippen molar-refractivity contribution >= 4 is 0 Å². The first-order chi connectivity index (χ1) is 7.79. The summed E-state index contributed by atoms with van der Waals surface area (Å²) in [5.41, 5.74) is 1.28. The molecule has 16 heavy (non-hydrogen) atoms. The Labute approximate surface area is 96.8 Å². The fraction of sp³-hybridized carbons (Fsp3) is 0.538. The molecule has 0 aliphatic carbocycles. The number of hydrogen-bond acceptors (Lipinski definition) is 3. The van der Waals surface area contributed by atoms with Crippen molar-refractivity contribution < 1.29 is 9.47 Å². The molecule has 0 aromatic heterocycles. The lowest BCUT2D eigenvalue weighted by molar-refractivity contribution is 0.297. The molecule has 1 N–H and O–H groups in total. The molecule has 1 aromatic rings. The van der Waals surface area contributed by atoms with E-state index in [1.54, 1.807) is 0 Å². The maximum Gasteiger partial charge on any atom is 0.161 e. The minimum Gasteiger partial charge on any atom is -0.490 e. The van der Waals surface area contributed by atoms with Crippen LogP contribution in [0.1, 0.15) is 18.9 Å². The van der Waals surface area contributed by atoms with Crippen molar-refractivity contribution in [2.24, 2.45) is 0 Å². The van der Waals surface area contributed by atoms with Gasteiger partial charge in [0.25, 0.3) is 0 Å². The van der Waals surface area contributed by atoms with Crippen LogP contribution in [0.5, 0.6) is 11.5 Å². The monoisotopic (exact) mass is 221 g/mol. The summed E-state index contributed by atoms with van der Waals surface area (Å²) in [7, 11) is 1.98. The molecule has 1 aliphatic rings. The zero-order valence-electron chi connectivity index (χ0n) is 9.95. The minimum absolute atomic E-state index is 0.477. The predicted octanol–water partition coefficient (Wildman–Crippen LogP) is 2.00. The quantitative estimate of drug-likeness (QED) is 0.846. The van der Waals surface area contributed by atoms with E-state index in [2.05, 4.69) is 24.4 Å². The number of ether oxygens (including phenoxy) is 2. The van der Waals surface area contributed by atoms with Gasteiger partial charge in [0.05, 0.1) is 13.2 Å². The molecule has 1 atom stereocenters. The summed E-state index contributed by atoms with van der Waals surface area (Å²) >= 11 is 0. The largest absolute Gasteiger partial charge is 0.490 e. The van der Waals surface area contributed by atoms with E-state index in [0.29, 0.717) is 6.04 Å². The average molecular weight is 221 g/mol. The normalized spacial score (nSPS) is 16.6. The van der Waals surface area contributed by atoms with Gasteiger partial charge < -0.3 is 14.8 Å². The fourth-order valence-electron chi connectivity index (χ4n) is 1.79. The highest BCUT2D eigenvalue weighted by Gasteiger charge is 2.11. The molecule has 1 heterocycles. The van der Waals surface area contributed by atoms with Crippen LogP contribution < -0.4 is 14.8 Å². The number of fused-ring (bicyclic) bond motifs is 1. The van der Waals surface area contributed by atoms with Crippen LogP contribution in [0.3, 0.4) is 0 Å². The van der Waals surface area contributed by atoms with Crippen LogP contribution in [0, 0.1) is 0 Å². The average Bonchev–Trinajstić information content (AvgIpc) is 2.53. The van der Waals surface area contributed by atoms with Crippen LogP contribution in [-0.4, -0.2) is 26.3 Å². The third kappa shape index (κ3) is 2.67. The first-order valence-electron chi connectivity index (χ1n) is 5.85. The predicted molar refractivity (Wildman–Crippen MR) is 64.3 cm³/mol. The first-order valence-corrected chi connectivity index (χ1v) is 5.85. The molecule has 0 saturated heterocycles. The number of hydrogen-bond donors (Lipinski definition) is 1. The highest BCUT2D eigenvalue weighted by Crippen LogP contribution is 2.30. The molecule has 0 radical (unpaired) electrons. The Hall–Kier alpha value is -1.22. The minimum atomic E-state index is 0.477. The van der Waals surface area contributed by atoms with E-state index in [1.165, 1.54) is 5.56 Å². The second-order valence-corrected chi connectivity index (χ2v) is 4.23. The van der Waals surface area contributed by atoms with Gasteiger partial charge in [-0.25, -0.2) is 0 Å². The molecule has 3 nitrogen and oxygen atoms in total. The highest BCUT2D eigenvalue weighted by atomic mass is 16.5. The van der Waals surface area contributed by atoms with E-state index in [9.17, 15) is 0 Å². The molecule has 0 amide bonds. The Morgan fingerprint density at radius 3 is 2.75 bits per heavy atom. The van der Waals surface area contributed by atoms with Crippen molar-refractivity contribution in [2.75, 3.05) is 20.3 Å². The van der Waals surface area contributed by atoms with E-state index in [0.717, 1.165) is 37.6 Å². The maximum atomic E-state index is 5.66. The molecule has 0 bridgehead atoms. The number of nitrogens with one attached hydrogen (secondary N) is 1. The summed E-state index contributed by atoms with van der Waals surface area (Å²) < 4.78 is 11.3. The lowest BCUT2D eigenvalue weighted by Crippen LogP contribution is -2.23. The first kappa shape index (κ1) is 11.3. The van der Waals surface area contributed by atoms with Gasteiger partial charge in [-0.05, 0) is 38.1 Å². The second kappa shape index (κ2) is 5.21. The van der Waals surface area contributed by atoms with E-state index in [1.807, 2.05) is 13.1 Å². The summed E-state index contributed by atoms with van der Waals surface area (Å²) in [5.74, 6) is 1.76. The van der Waals surface area contributed by atoms with E-state index in [-0.39, 0.29) is 0 Å². The van der Waals surface area contributed by atoms with Gasteiger partial charge in [-0.15, -0.1) is 0 Å². The summed E-state index contributed by atoms with van der Waals surface area (Å²) in [6.45, 7) is 3.67. The molecule has 88 valence electrons. The van der Waals surface area contributed by atoms with Gasteiger partial charge in [0.15, 0.2) is 11.5 Å². The summed E-state index contributed by atoms with van der Waals surface area (Å²) in [6.07, 6.45) is 1.96. The molecule has 1 aliphatic heterocycles. The van der Waals surface area contributed by atoms with Crippen LogP contribution in [-0.2, 0) is 6.42 Å².